The number of rotatable bonds is 4. The van der Waals surface area contributed by atoms with Crippen molar-refractivity contribution < 1.29 is 14.7 Å². The molecule has 1 heterocycles. The number of carbonyl (C=O) groups excluding carboxylic acids is 2. The van der Waals surface area contributed by atoms with E-state index in [1.807, 2.05) is 0 Å². The summed E-state index contributed by atoms with van der Waals surface area (Å²) >= 11 is 0. The number of nitrogens with zero attached hydrogens (tertiary/aromatic N) is 1. The SMILES string of the molecule is C[C@@H]1CN(C(=O)c2cccc(NC(=O)C3CC3)c2)C[C@H]1CO. The van der Waals surface area contributed by atoms with Crippen LogP contribution in [0.2, 0.25) is 0 Å². The van der Waals surface area contributed by atoms with Crippen LogP contribution in [0.25, 0.3) is 0 Å². The average Bonchev–Trinajstić information content (AvgIpc) is 3.30. The fraction of sp³-hybridized carbons (Fsp3) is 0.529. The Bertz CT molecular complexity index is 583. The van der Waals surface area contributed by atoms with E-state index in [1.165, 1.54) is 0 Å². The summed E-state index contributed by atoms with van der Waals surface area (Å²) in [6, 6.07) is 7.10. The van der Waals surface area contributed by atoms with Gasteiger partial charge in [-0.1, -0.05) is 13.0 Å². The second kappa shape index (κ2) is 6.08. The zero-order chi connectivity index (χ0) is 15.7. The summed E-state index contributed by atoms with van der Waals surface area (Å²) in [6.07, 6.45) is 1.91. The second-order valence-electron chi connectivity index (χ2n) is 6.47. The normalized spacial score (nSPS) is 24.4. The summed E-state index contributed by atoms with van der Waals surface area (Å²) in [6.45, 7) is 3.43. The number of likely N-dealkylation sites (tertiary alicyclic amines) is 1. The van der Waals surface area contributed by atoms with Gasteiger partial charge in [-0.05, 0) is 37.0 Å². The molecule has 118 valence electrons. The summed E-state index contributed by atoms with van der Waals surface area (Å²) in [5.41, 5.74) is 1.26. The Balaban J connectivity index is 1.68. The summed E-state index contributed by atoms with van der Waals surface area (Å²) in [5, 5.41) is 12.2. The molecule has 5 nitrogen and oxygen atoms in total. The molecule has 2 fully saturated rings. The van der Waals surface area contributed by atoms with Gasteiger partial charge in [0.2, 0.25) is 5.91 Å². The van der Waals surface area contributed by atoms with Gasteiger partial charge in [0.1, 0.15) is 0 Å². The van der Waals surface area contributed by atoms with E-state index in [1.54, 1.807) is 29.2 Å². The maximum atomic E-state index is 12.6. The molecule has 0 spiro atoms. The Labute approximate surface area is 130 Å². The van der Waals surface area contributed by atoms with Gasteiger partial charge in [0.25, 0.3) is 5.91 Å². The van der Waals surface area contributed by atoms with E-state index in [4.69, 9.17) is 0 Å². The van der Waals surface area contributed by atoms with Gasteiger partial charge in [-0.25, -0.2) is 0 Å². The molecule has 1 aliphatic carbocycles. The van der Waals surface area contributed by atoms with E-state index < -0.39 is 0 Å². The number of benzene rings is 1. The van der Waals surface area contributed by atoms with Crippen molar-refractivity contribution in [1.29, 1.82) is 0 Å². The van der Waals surface area contributed by atoms with Crippen LogP contribution in [0.4, 0.5) is 5.69 Å². The van der Waals surface area contributed by atoms with E-state index in [9.17, 15) is 14.7 Å². The maximum absolute atomic E-state index is 12.6. The molecule has 0 aromatic heterocycles. The Kier molecular flexibility index (Phi) is 4.16. The van der Waals surface area contributed by atoms with Gasteiger partial charge < -0.3 is 15.3 Å². The first-order valence-corrected chi connectivity index (χ1v) is 7.89. The number of aliphatic hydroxyl groups excluding tert-OH is 1. The van der Waals surface area contributed by atoms with Crippen molar-refractivity contribution in [3.8, 4) is 0 Å². The summed E-state index contributed by atoms with van der Waals surface area (Å²) in [5.74, 6) is 0.613. The Morgan fingerprint density at radius 1 is 1.32 bits per heavy atom. The van der Waals surface area contributed by atoms with Crippen molar-refractivity contribution in [3.05, 3.63) is 29.8 Å². The van der Waals surface area contributed by atoms with Crippen molar-refractivity contribution in [2.24, 2.45) is 17.8 Å². The van der Waals surface area contributed by atoms with Gasteiger partial charge in [-0.2, -0.15) is 0 Å². The monoisotopic (exact) mass is 302 g/mol. The molecule has 0 bridgehead atoms. The van der Waals surface area contributed by atoms with Gasteiger partial charge in [0.15, 0.2) is 0 Å². The highest BCUT2D eigenvalue weighted by atomic mass is 16.3. The van der Waals surface area contributed by atoms with E-state index >= 15 is 0 Å². The lowest BCUT2D eigenvalue weighted by atomic mass is 10.00. The quantitative estimate of drug-likeness (QED) is 0.890. The van der Waals surface area contributed by atoms with E-state index in [-0.39, 0.29) is 30.3 Å². The number of hydrogen-bond acceptors (Lipinski definition) is 3. The maximum Gasteiger partial charge on any atom is 0.253 e. The smallest absolute Gasteiger partial charge is 0.253 e. The average molecular weight is 302 g/mol. The highest BCUT2D eigenvalue weighted by Crippen LogP contribution is 2.30. The predicted octanol–water partition coefficient (Wildman–Crippen LogP) is 1.74. The summed E-state index contributed by atoms with van der Waals surface area (Å²) < 4.78 is 0. The second-order valence-corrected chi connectivity index (χ2v) is 6.47. The molecule has 1 aliphatic heterocycles. The summed E-state index contributed by atoms with van der Waals surface area (Å²) in [4.78, 5) is 26.2. The third-order valence-electron chi connectivity index (χ3n) is 4.61. The minimum Gasteiger partial charge on any atom is -0.396 e. The van der Waals surface area contributed by atoms with Gasteiger partial charge in [-0.3, -0.25) is 9.59 Å². The lowest BCUT2D eigenvalue weighted by molar-refractivity contribution is -0.117. The number of carbonyl (C=O) groups is 2. The number of hydrogen-bond donors (Lipinski definition) is 2. The molecule has 1 saturated carbocycles. The first-order valence-electron chi connectivity index (χ1n) is 7.89. The van der Waals surface area contributed by atoms with Crippen molar-refractivity contribution in [2.45, 2.75) is 19.8 Å². The molecule has 3 rings (SSSR count). The molecule has 1 saturated heterocycles. The van der Waals surface area contributed by atoms with Crippen LogP contribution in [0.1, 0.15) is 30.1 Å². The predicted molar refractivity (Wildman–Crippen MR) is 83.4 cm³/mol. The molecule has 0 radical (unpaired) electrons. The Hall–Kier alpha value is -1.88. The lowest BCUT2D eigenvalue weighted by Gasteiger charge is -2.17. The first kappa shape index (κ1) is 15.0. The number of nitrogens with one attached hydrogen (secondary N) is 1. The third-order valence-corrected chi connectivity index (χ3v) is 4.61. The van der Waals surface area contributed by atoms with Crippen molar-refractivity contribution in [3.63, 3.8) is 0 Å². The van der Waals surface area contributed by atoms with E-state index in [2.05, 4.69) is 12.2 Å². The molecule has 1 aromatic carbocycles. The molecular weight excluding hydrogens is 280 g/mol. The van der Waals surface area contributed by atoms with Gasteiger partial charge >= 0.3 is 0 Å². The number of anilines is 1. The molecule has 5 heteroatoms. The first-order chi connectivity index (χ1) is 10.6. The fourth-order valence-corrected chi connectivity index (χ4v) is 2.94. The third kappa shape index (κ3) is 3.14. The van der Waals surface area contributed by atoms with Gasteiger partial charge in [0, 0.05) is 42.8 Å². The van der Waals surface area contributed by atoms with E-state index in [0.29, 0.717) is 30.3 Å². The zero-order valence-electron chi connectivity index (χ0n) is 12.8. The Morgan fingerprint density at radius 2 is 2.09 bits per heavy atom. The Morgan fingerprint density at radius 3 is 2.73 bits per heavy atom. The molecule has 2 atom stereocenters. The van der Waals surface area contributed by atoms with Crippen LogP contribution in [-0.4, -0.2) is 41.5 Å². The van der Waals surface area contributed by atoms with E-state index in [0.717, 1.165) is 12.8 Å². The number of amides is 2. The molecule has 0 unspecified atom stereocenters. The van der Waals surface area contributed by atoms with Crippen LogP contribution in [-0.2, 0) is 4.79 Å². The van der Waals surface area contributed by atoms with Crippen LogP contribution in [0, 0.1) is 17.8 Å². The van der Waals surface area contributed by atoms with Crippen LogP contribution in [0.5, 0.6) is 0 Å². The lowest BCUT2D eigenvalue weighted by Crippen LogP contribution is -2.29. The van der Waals surface area contributed by atoms with Crippen molar-refractivity contribution in [2.75, 3.05) is 25.0 Å². The topological polar surface area (TPSA) is 69.6 Å². The van der Waals surface area contributed by atoms with Crippen LogP contribution < -0.4 is 5.32 Å². The van der Waals surface area contributed by atoms with Crippen molar-refractivity contribution in [1.82, 2.24) is 4.90 Å². The van der Waals surface area contributed by atoms with Crippen molar-refractivity contribution >= 4 is 17.5 Å². The highest BCUT2D eigenvalue weighted by Gasteiger charge is 2.32. The van der Waals surface area contributed by atoms with Crippen LogP contribution >= 0.6 is 0 Å². The highest BCUT2D eigenvalue weighted by molar-refractivity contribution is 5.98. The largest absolute Gasteiger partial charge is 0.396 e. The number of aliphatic hydroxyl groups is 1. The minimum atomic E-state index is -0.0367. The fourth-order valence-electron chi connectivity index (χ4n) is 2.94. The molecular formula is C17H22N2O3. The van der Waals surface area contributed by atoms with Gasteiger partial charge in [0.05, 0.1) is 0 Å². The van der Waals surface area contributed by atoms with Crippen LogP contribution in [0.15, 0.2) is 24.3 Å². The molecule has 2 N–H and O–H groups in total. The molecule has 22 heavy (non-hydrogen) atoms. The summed E-state index contributed by atoms with van der Waals surface area (Å²) in [7, 11) is 0. The molecule has 2 aliphatic rings. The van der Waals surface area contributed by atoms with Gasteiger partial charge in [-0.15, -0.1) is 0 Å². The minimum absolute atomic E-state index is 0.0367. The van der Waals surface area contributed by atoms with Crippen LogP contribution in [0.3, 0.4) is 0 Å². The zero-order valence-corrected chi connectivity index (χ0v) is 12.8. The molecule has 2 amide bonds. The molecule has 1 aromatic rings. The standard InChI is InChI=1S/C17H22N2O3/c1-11-8-19(9-14(11)10-20)17(22)13-3-2-4-15(7-13)18-16(21)12-5-6-12/h2-4,7,11-12,14,20H,5-6,8-10H2,1H3,(H,18,21)/t11-,14+/m1/s1.